The van der Waals surface area contributed by atoms with Crippen molar-refractivity contribution in [1.29, 1.82) is 0 Å². The highest BCUT2D eigenvalue weighted by Crippen LogP contribution is 2.23. The van der Waals surface area contributed by atoms with Crippen LogP contribution in [0, 0.1) is 0 Å². The van der Waals surface area contributed by atoms with Crippen LogP contribution in [-0.4, -0.2) is 30.4 Å². The van der Waals surface area contributed by atoms with E-state index < -0.39 is 0 Å². The molecule has 20 heavy (non-hydrogen) atoms. The second kappa shape index (κ2) is 6.29. The van der Waals surface area contributed by atoms with Crippen LogP contribution >= 0.6 is 0 Å². The van der Waals surface area contributed by atoms with Crippen molar-refractivity contribution in [2.24, 2.45) is 0 Å². The van der Waals surface area contributed by atoms with Gasteiger partial charge in [0.15, 0.2) is 0 Å². The molecule has 1 aliphatic rings. The summed E-state index contributed by atoms with van der Waals surface area (Å²) in [4.78, 5) is 13.9. The molecule has 3 nitrogen and oxygen atoms in total. The van der Waals surface area contributed by atoms with Crippen molar-refractivity contribution in [3.8, 4) is 0 Å². The Morgan fingerprint density at radius 1 is 1.15 bits per heavy atom. The summed E-state index contributed by atoms with van der Waals surface area (Å²) >= 11 is 0. The molecule has 3 heteroatoms. The van der Waals surface area contributed by atoms with Gasteiger partial charge in [0.1, 0.15) is 0 Å². The molecule has 1 heterocycles. The lowest BCUT2D eigenvalue weighted by atomic mass is 9.87. The third kappa shape index (κ3) is 3.99. The number of hydrogen-bond acceptors (Lipinski definition) is 2. The monoisotopic (exact) mass is 274 g/mol. The molecule has 0 aromatic heterocycles. The molecule has 0 radical (unpaired) electrons. The maximum atomic E-state index is 11.9. The van der Waals surface area contributed by atoms with Gasteiger partial charge in [-0.05, 0) is 36.0 Å². The van der Waals surface area contributed by atoms with Crippen molar-refractivity contribution in [1.82, 2.24) is 4.90 Å². The van der Waals surface area contributed by atoms with Crippen LogP contribution in [-0.2, 0) is 10.2 Å². The Labute approximate surface area is 122 Å². The van der Waals surface area contributed by atoms with Crippen molar-refractivity contribution >= 4 is 11.6 Å². The van der Waals surface area contributed by atoms with Gasteiger partial charge in [-0.15, -0.1) is 0 Å². The summed E-state index contributed by atoms with van der Waals surface area (Å²) in [5, 5.41) is 3.33. The zero-order chi connectivity index (χ0) is 14.6. The first-order valence-corrected chi connectivity index (χ1v) is 7.59. The third-order valence-corrected chi connectivity index (χ3v) is 3.88. The number of likely N-dealkylation sites (tertiary alicyclic amines) is 1. The summed E-state index contributed by atoms with van der Waals surface area (Å²) in [5.74, 6) is 0.279. The molecule has 0 aliphatic carbocycles. The van der Waals surface area contributed by atoms with Crippen molar-refractivity contribution < 1.29 is 4.79 Å². The average molecular weight is 274 g/mol. The Balaban J connectivity index is 1.78. The number of nitrogens with zero attached hydrogens (tertiary/aromatic N) is 1. The normalized spacial score (nSPS) is 15.4. The van der Waals surface area contributed by atoms with Gasteiger partial charge >= 0.3 is 0 Å². The molecular weight excluding hydrogens is 248 g/mol. The first kappa shape index (κ1) is 14.9. The van der Waals surface area contributed by atoms with Gasteiger partial charge in [-0.1, -0.05) is 32.9 Å². The molecule has 1 amide bonds. The largest absolute Gasteiger partial charge is 0.385 e. The summed E-state index contributed by atoms with van der Waals surface area (Å²) in [7, 11) is 0. The Morgan fingerprint density at radius 3 is 2.30 bits per heavy atom. The maximum Gasteiger partial charge on any atom is 0.224 e. The lowest BCUT2D eigenvalue weighted by molar-refractivity contribution is -0.129. The number of rotatable bonds is 4. The van der Waals surface area contributed by atoms with Gasteiger partial charge in [-0.2, -0.15) is 0 Å². The van der Waals surface area contributed by atoms with Crippen LogP contribution in [0.15, 0.2) is 24.3 Å². The molecule has 1 saturated heterocycles. The first-order chi connectivity index (χ1) is 9.47. The molecular formula is C17H26N2O. The molecule has 1 N–H and O–H groups in total. The number of hydrogen-bond donors (Lipinski definition) is 1. The van der Waals surface area contributed by atoms with Crippen LogP contribution in [0.25, 0.3) is 0 Å². The zero-order valence-corrected chi connectivity index (χ0v) is 12.9. The number of amides is 1. The number of carbonyl (C=O) groups is 1. The second-order valence-corrected chi connectivity index (χ2v) is 6.59. The fourth-order valence-electron chi connectivity index (χ4n) is 2.53. The lowest BCUT2D eigenvalue weighted by Crippen LogP contribution is -2.29. The Kier molecular flexibility index (Phi) is 4.69. The van der Waals surface area contributed by atoms with E-state index in [4.69, 9.17) is 0 Å². The van der Waals surface area contributed by atoms with Crippen LogP contribution in [0.4, 0.5) is 5.69 Å². The van der Waals surface area contributed by atoms with Gasteiger partial charge in [0.25, 0.3) is 0 Å². The minimum absolute atomic E-state index is 0.185. The molecule has 1 aromatic carbocycles. The maximum absolute atomic E-state index is 11.9. The molecule has 0 saturated carbocycles. The van der Waals surface area contributed by atoms with Crippen LogP contribution in [0.5, 0.6) is 0 Å². The number of anilines is 1. The number of benzene rings is 1. The molecule has 0 unspecified atom stereocenters. The molecule has 1 fully saturated rings. The minimum Gasteiger partial charge on any atom is -0.385 e. The minimum atomic E-state index is 0.185. The van der Waals surface area contributed by atoms with E-state index in [0.717, 1.165) is 31.6 Å². The van der Waals surface area contributed by atoms with Crippen molar-refractivity contribution in [3.63, 3.8) is 0 Å². The third-order valence-electron chi connectivity index (χ3n) is 3.88. The molecule has 2 rings (SSSR count). The van der Waals surface area contributed by atoms with E-state index in [0.29, 0.717) is 13.0 Å². The van der Waals surface area contributed by atoms with Crippen molar-refractivity contribution in [2.75, 3.05) is 25.0 Å². The summed E-state index contributed by atoms with van der Waals surface area (Å²) in [5.41, 5.74) is 2.60. The van der Waals surface area contributed by atoms with E-state index in [9.17, 15) is 4.79 Å². The predicted octanol–water partition coefficient (Wildman–Crippen LogP) is 3.41. The fourth-order valence-corrected chi connectivity index (χ4v) is 2.53. The van der Waals surface area contributed by atoms with E-state index in [2.05, 4.69) is 50.4 Å². The summed E-state index contributed by atoms with van der Waals surface area (Å²) in [6.07, 6.45) is 2.90. The Bertz CT molecular complexity index is 439. The van der Waals surface area contributed by atoms with E-state index in [1.165, 1.54) is 5.56 Å². The van der Waals surface area contributed by atoms with E-state index >= 15 is 0 Å². The van der Waals surface area contributed by atoms with Crippen LogP contribution in [0.3, 0.4) is 0 Å². The fraction of sp³-hybridized carbons (Fsp3) is 0.588. The Hall–Kier alpha value is -1.51. The topological polar surface area (TPSA) is 32.3 Å². The SMILES string of the molecule is CC(C)(C)c1ccc(NCCC(=O)N2CCCC2)cc1. The highest BCUT2D eigenvalue weighted by atomic mass is 16.2. The first-order valence-electron chi connectivity index (χ1n) is 7.59. The predicted molar refractivity (Wildman–Crippen MR) is 84.1 cm³/mol. The van der Waals surface area contributed by atoms with E-state index in [1.54, 1.807) is 0 Å². The lowest BCUT2D eigenvalue weighted by Gasteiger charge is -2.19. The molecule has 0 atom stereocenters. The standard InChI is InChI=1S/C17H26N2O/c1-17(2,3)14-6-8-15(9-7-14)18-11-10-16(20)19-12-4-5-13-19/h6-9,18H,4-5,10-13H2,1-3H3. The molecule has 110 valence electrons. The van der Waals surface area contributed by atoms with Crippen LogP contribution < -0.4 is 5.32 Å². The zero-order valence-electron chi connectivity index (χ0n) is 12.9. The van der Waals surface area contributed by atoms with Gasteiger partial charge in [-0.3, -0.25) is 4.79 Å². The van der Waals surface area contributed by atoms with Gasteiger partial charge in [0.05, 0.1) is 0 Å². The van der Waals surface area contributed by atoms with E-state index in [-0.39, 0.29) is 11.3 Å². The summed E-state index contributed by atoms with van der Waals surface area (Å²) in [6.45, 7) is 9.24. The van der Waals surface area contributed by atoms with Crippen molar-refractivity contribution in [2.45, 2.75) is 45.4 Å². The molecule has 0 spiro atoms. The van der Waals surface area contributed by atoms with Gasteiger partial charge in [0.2, 0.25) is 5.91 Å². The summed E-state index contributed by atoms with van der Waals surface area (Å²) in [6, 6.07) is 8.51. The number of carbonyl (C=O) groups excluding carboxylic acids is 1. The van der Waals surface area contributed by atoms with Gasteiger partial charge in [0, 0.05) is 31.7 Å². The van der Waals surface area contributed by atoms with Crippen molar-refractivity contribution in [3.05, 3.63) is 29.8 Å². The summed E-state index contributed by atoms with van der Waals surface area (Å²) < 4.78 is 0. The average Bonchev–Trinajstić information content (AvgIpc) is 2.92. The second-order valence-electron chi connectivity index (χ2n) is 6.59. The number of nitrogens with one attached hydrogen (secondary N) is 1. The smallest absolute Gasteiger partial charge is 0.224 e. The quantitative estimate of drug-likeness (QED) is 0.912. The molecule has 1 aromatic rings. The highest BCUT2D eigenvalue weighted by Gasteiger charge is 2.17. The van der Waals surface area contributed by atoms with Gasteiger partial charge < -0.3 is 10.2 Å². The van der Waals surface area contributed by atoms with E-state index in [1.807, 2.05) is 4.90 Å². The highest BCUT2D eigenvalue weighted by molar-refractivity contribution is 5.77. The molecule has 1 aliphatic heterocycles. The van der Waals surface area contributed by atoms with Gasteiger partial charge in [-0.25, -0.2) is 0 Å². The van der Waals surface area contributed by atoms with Crippen LogP contribution in [0.1, 0.15) is 45.6 Å². The molecule has 0 bridgehead atoms. The van der Waals surface area contributed by atoms with Crippen LogP contribution in [0.2, 0.25) is 0 Å². The Morgan fingerprint density at radius 2 is 1.75 bits per heavy atom.